The van der Waals surface area contributed by atoms with Crippen LogP contribution in [0.5, 0.6) is 5.75 Å². The lowest BCUT2D eigenvalue weighted by atomic mass is 10.1. The molecule has 0 atom stereocenters. The summed E-state index contributed by atoms with van der Waals surface area (Å²) in [6.07, 6.45) is 4.27. The van der Waals surface area contributed by atoms with Gasteiger partial charge < -0.3 is 19.7 Å². The molecule has 32 heavy (non-hydrogen) atoms. The van der Waals surface area contributed by atoms with E-state index in [0.717, 1.165) is 17.0 Å². The van der Waals surface area contributed by atoms with Gasteiger partial charge in [-0.05, 0) is 57.0 Å². The van der Waals surface area contributed by atoms with Crippen LogP contribution in [0.3, 0.4) is 0 Å². The Morgan fingerprint density at radius 3 is 2.53 bits per heavy atom. The zero-order valence-corrected chi connectivity index (χ0v) is 18.3. The summed E-state index contributed by atoms with van der Waals surface area (Å²) in [5.74, 6) is 0.585. The molecule has 1 fully saturated rings. The number of likely N-dealkylation sites (tertiary alicyclic amines) is 1. The average molecular weight is 438 g/mol. The summed E-state index contributed by atoms with van der Waals surface area (Å²) in [6, 6.07) is 9.58. The van der Waals surface area contributed by atoms with Gasteiger partial charge >= 0.3 is 6.09 Å². The molecule has 168 valence electrons. The number of hydrogen-bond acceptors (Lipinski definition) is 6. The van der Waals surface area contributed by atoms with E-state index in [1.54, 1.807) is 28.7 Å². The Morgan fingerprint density at radius 2 is 1.84 bits per heavy atom. The molecule has 0 spiro atoms. The molecule has 0 aliphatic carbocycles. The van der Waals surface area contributed by atoms with E-state index in [4.69, 9.17) is 9.47 Å². The smallest absolute Gasteiger partial charge is 0.409 e. The summed E-state index contributed by atoms with van der Waals surface area (Å²) >= 11 is 0. The Bertz CT molecular complexity index is 1090. The van der Waals surface area contributed by atoms with E-state index < -0.39 is 0 Å². The first-order chi connectivity index (χ1) is 15.6. The van der Waals surface area contributed by atoms with Crippen LogP contribution in [0, 0.1) is 0 Å². The summed E-state index contributed by atoms with van der Waals surface area (Å²) in [4.78, 5) is 30.9. The molecule has 2 amide bonds. The largest absolute Gasteiger partial charge is 0.494 e. The van der Waals surface area contributed by atoms with Gasteiger partial charge in [-0.3, -0.25) is 4.79 Å². The Labute approximate surface area is 186 Å². The highest BCUT2D eigenvalue weighted by atomic mass is 16.6. The third-order valence-electron chi connectivity index (χ3n) is 5.46. The van der Waals surface area contributed by atoms with E-state index in [-0.39, 0.29) is 18.0 Å². The van der Waals surface area contributed by atoms with Crippen molar-refractivity contribution in [2.24, 2.45) is 0 Å². The maximum Gasteiger partial charge on any atom is 0.409 e. The van der Waals surface area contributed by atoms with E-state index in [0.29, 0.717) is 50.4 Å². The fourth-order valence-electron chi connectivity index (χ4n) is 3.84. The number of benzene rings is 1. The minimum atomic E-state index is -0.300. The third-order valence-corrected chi connectivity index (χ3v) is 5.46. The number of fused-ring (bicyclic) bond motifs is 1. The molecule has 1 aliphatic rings. The van der Waals surface area contributed by atoms with Crippen LogP contribution >= 0.6 is 0 Å². The first kappa shape index (κ1) is 21.6. The van der Waals surface area contributed by atoms with Crippen molar-refractivity contribution in [2.45, 2.75) is 32.7 Å². The van der Waals surface area contributed by atoms with Crippen LogP contribution in [0.1, 0.15) is 37.0 Å². The predicted octanol–water partition coefficient (Wildman–Crippen LogP) is 3.15. The zero-order chi connectivity index (χ0) is 22.5. The fraction of sp³-hybridized carbons (Fsp3) is 0.391. The first-order valence-electron chi connectivity index (χ1n) is 10.9. The first-order valence-corrected chi connectivity index (χ1v) is 10.9. The number of hydrogen-bond donors (Lipinski definition) is 1. The average Bonchev–Trinajstić information content (AvgIpc) is 3.25. The van der Waals surface area contributed by atoms with Gasteiger partial charge in [0.1, 0.15) is 11.3 Å². The van der Waals surface area contributed by atoms with Crippen LogP contribution in [-0.4, -0.2) is 63.8 Å². The maximum atomic E-state index is 12.9. The molecule has 1 N–H and O–H groups in total. The number of nitrogens with one attached hydrogen (secondary N) is 1. The highest BCUT2D eigenvalue weighted by Gasteiger charge is 2.26. The summed E-state index contributed by atoms with van der Waals surface area (Å²) < 4.78 is 12.2. The second-order valence-corrected chi connectivity index (χ2v) is 7.51. The van der Waals surface area contributed by atoms with Gasteiger partial charge in [0.15, 0.2) is 5.65 Å². The van der Waals surface area contributed by atoms with Crippen molar-refractivity contribution in [3.8, 4) is 17.0 Å². The van der Waals surface area contributed by atoms with E-state index in [1.165, 1.54) is 0 Å². The van der Waals surface area contributed by atoms with Crippen molar-refractivity contribution < 1.29 is 19.1 Å². The highest BCUT2D eigenvalue weighted by Crippen LogP contribution is 2.24. The monoisotopic (exact) mass is 437 g/mol. The number of ether oxygens (including phenoxy) is 2. The van der Waals surface area contributed by atoms with Gasteiger partial charge in [-0.2, -0.15) is 5.10 Å². The highest BCUT2D eigenvalue weighted by molar-refractivity contribution is 6.00. The SMILES string of the molecule is CCOC(=O)N1CCC(NC(=O)c2cnn3c(-c4ccc(OCC)cc4)ccnc23)CC1. The number of nitrogens with zero attached hydrogens (tertiary/aromatic N) is 4. The van der Waals surface area contributed by atoms with Crippen molar-refractivity contribution >= 4 is 17.6 Å². The second kappa shape index (κ2) is 9.67. The summed E-state index contributed by atoms with van der Waals surface area (Å²) in [6.45, 7) is 5.81. The topological polar surface area (TPSA) is 98.1 Å². The van der Waals surface area contributed by atoms with Gasteiger partial charge in [0.25, 0.3) is 5.91 Å². The molecule has 2 aromatic heterocycles. The Hall–Kier alpha value is -3.62. The minimum Gasteiger partial charge on any atom is -0.494 e. The minimum absolute atomic E-state index is 0.0163. The third kappa shape index (κ3) is 4.51. The van der Waals surface area contributed by atoms with Crippen molar-refractivity contribution in [1.29, 1.82) is 0 Å². The van der Waals surface area contributed by atoms with Crippen LogP contribution in [0.15, 0.2) is 42.7 Å². The molecule has 1 aromatic carbocycles. The van der Waals surface area contributed by atoms with E-state index in [9.17, 15) is 9.59 Å². The molecule has 9 heteroatoms. The van der Waals surface area contributed by atoms with E-state index in [1.807, 2.05) is 37.3 Å². The maximum absolute atomic E-state index is 12.9. The fourth-order valence-corrected chi connectivity index (χ4v) is 3.84. The molecule has 1 saturated heterocycles. The summed E-state index contributed by atoms with van der Waals surface area (Å²) in [5, 5.41) is 7.47. The quantitative estimate of drug-likeness (QED) is 0.636. The van der Waals surface area contributed by atoms with Gasteiger partial charge in [-0.15, -0.1) is 0 Å². The van der Waals surface area contributed by atoms with Crippen molar-refractivity contribution in [3.63, 3.8) is 0 Å². The lowest BCUT2D eigenvalue weighted by Crippen LogP contribution is -2.46. The number of carbonyl (C=O) groups excluding carboxylic acids is 2. The number of rotatable bonds is 6. The Balaban J connectivity index is 1.47. The van der Waals surface area contributed by atoms with Crippen molar-refractivity contribution in [3.05, 3.63) is 48.3 Å². The lowest BCUT2D eigenvalue weighted by Gasteiger charge is -2.31. The lowest BCUT2D eigenvalue weighted by molar-refractivity contribution is 0.0861. The van der Waals surface area contributed by atoms with Gasteiger partial charge in [0, 0.05) is 30.9 Å². The Morgan fingerprint density at radius 1 is 1.09 bits per heavy atom. The standard InChI is InChI=1S/C23H27N5O4/c1-3-31-18-7-5-16(6-8-18)20-9-12-24-21-19(15-25-28(20)21)22(29)26-17-10-13-27(14-11-17)23(30)32-4-2/h5-9,12,15,17H,3-4,10-11,13-14H2,1-2H3,(H,26,29). The molecule has 9 nitrogen and oxygen atoms in total. The van der Waals surface area contributed by atoms with E-state index >= 15 is 0 Å². The molecular weight excluding hydrogens is 410 g/mol. The molecule has 4 rings (SSSR count). The molecular formula is C23H27N5O4. The van der Waals surface area contributed by atoms with Gasteiger partial charge in [0.2, 0.25) is 0 Å². The molecule has 1 aliphatic heterocycles. The molecule has 3 heterocycles. The molecule has 0 saturated carbocycles. The zero-order valence-electron chi connectivity index (χ0n) is 18.3. The summed E-state index contributed by atoms with van der Waals surface area (Å²) in [5.41, 5.74) is 2.70. The van der Waals surface area contributed by atoms with E-state index in [2.05, 4.69) is 15.4 Å². The predicted molar refractivity (Wildman–Crippen MR) is 119 cm³/mol. The van der Waals surface area contributed by atoms with Gasteiger partial charge in [-0.25, -0.2) is 14.3 Å². The van der Waals surface area contributed by atoms with Gasteiger partial charge in [0.05, 0.1) is 25.1 Å². The van der Waals surface area contributed by atoms with Crippen LogP contribution < -0.4 is 10.1 Å². The molecule has 0 unspecified atom stereocenters. The van der Waals surface area contributed by atoms with Crippen molar-refractivity contribution in [2.75, 3.05) is 26.3 Å². The number of amides is 2. The number of carbonyl (C=O) groups is 2. The Kier molecular flexibility index (Phi) is 6.53. The number of aromatic nitrogens is 3. The molecule has 0 radical (unpaired) electrons. The second-order valence-electron chi connectivity index (χ2n) is 7.51. The van der Waals surface area contributed by atoms with Crippen LogP contribution in [0.25, 0.3) is 16.9 Å². The normalized spacial score (nSPS) is 14.4. The van der Waals surface area contributed by atoms with Crippen LogP contribution in [-0.2, 0) is 4.74 Å². The van der Waals surface area contributed by atoms with Crippen molar-refractivity contribution in [1.82, 2.24) is 24.8 Å². The molecule has 0 bridgehead atoms. The van der Waals surface area contributed by atoms with Gasteiger partial charge in [-0.1, -0.05) is 0 Å². The van der Waals surface area contributed by atoms with Crippen LogP contribution in [0.4, 0.5) is 4.79 Å². The van der Waals surface area contributed by atoms with Crippen LogP contribution in [0.2, 0.25) is 0 Å². The number of piperidine rings is 1. The molecule has 3 aromatic rings. The summed E-state index contributed by atoms with van der Waals surface area (Å²) in [7, 11) is 0.